The lowest BCUT2D eigenvalue weighted by atomic mass is 9.92. The van der Waals surface area contributed by atoms with Gasteiger partial charge in [-0.05, 0) is 52.1 Å². The molecule has 0 saturated carbocycles. The molecule has 2 fully saturated rings. The maximum absolute atomic E-state index is 14.9. The first-order chi connectivity index (χ1) is 38.3. The molecule has 15 nitrogen and oxygen atoms in total. The summed E-state index contributed by atoms with van der Waals surface area (Å²) in [4.78, 5) is 61.6. The Bertz CT molecular complexity index is 3080. The van der Waals surface area contributed by atoms with E-state index in [-0.39, 0.29) is 68.5 Å². The van der Waals surface area contributed by atoms with Crippen molar-refractivity contribution < 1.29 is 62.2 Å². The van der Waals surface area contributed by atoms with Crippen LogP contribution in [0.1, 0.15) is 69.2 Å². The summed E-state index contributed by atoms with van der Waals surface area (Å²) < 4.78 is 54.6. The molecule has 0 radical (unpaired) electrons. The molecule has 4 heterocycles. The summed E-state index contributed by atoms with van der Waals surface area (Å²) in [5.74, 6) is -2.52. The van der Waals surface area contributed by atoms with Crippen molar-refractivity contribution >= 4 is 23.6 Å². The molecule has 1 N–H and O–H groups in total. The first kappa shape index (κ1) is 52.5. The molecular weight excluding hydrogens is 993 g/mol. The first-order valence-electron chi connectivity index (χ1n) is 26.1. The summed E-state index contributed by atoms with van der Waals surface area (Å²) in [6.45, 7) is -0.0952. The van der Waals surface area contributed by atoms with E-state index in [0.717, 1.165) is 37.6 Å². The molecule has 0 aliphatic carbocycles. The zero-order valence-electron chi connectivity index (χ0n) is 42.5. The van der Waals surface area contributed by atoms with E-state index >= 15 is 0 Å². The molecule has 10 atom stereocenters. The highest BCUT2D eigenvalue weighted by Crippen LogP contribution is 2.40. The van der Waals surface area contributed by atoms with Crippen LogP contribution in [0.5, 0.6) is 0 Å². The van der Waals surface area contributed by atoms with Gasteiger partial charge in [0.15, 0.2) is 12.6 Å². The molecule has 11 rings (SSSR count). The number of aliphatic hydroxyl groups excluding tert-OH is 1. The number of carbonyl (C=O) groups excluding carboxylic acids is 4. The normalized spacial score (nSPS) is 24.8. The number of hydrogen-bond donors (Lipinski definition) is 1. The molecule has 0 spiro atoms. The van der Waals surface area contributed by atoms with Crippen LogP contribution in [0.3, 0.4) is 0 Å². The Morgan fingerprint density at radius 1 is 0.359 bits per heavy atom. The highest BCUT2D eigenvalue weighted by atomic mass is 16.7. The minimum atomic E-state index is -1.63. The molecule has 15 heteroatoms. The first-order valence-corrected chi connectivity index (χ1v) is 26.1. The highest BCUT2D eigenvalue weighted by Gasteiger charge is 2.60. The number of rotatable bonds is 21. The van der Waals surface area contributed by atoms with E-state index in [1.807, 2.05) is 152 Å². The second-order valence-electron chi connectivity index (χ2n) is 19.5. The number of fused-ring (bicyclic) bond motifs is 2. The van der Waals surface area contributed by atoms with Crippen LogP contribution >= 0.6 is 0 Å². The van der Waals surface area contributed by atoms with E-state index in [1.54, 1.807) is 48.5 Å². The van der Waals surface area contributed by atoms with Gasteiger partial charge in [0.2, 0.25) is 0 Å². The average molecular weight is 1050 g/mol. The third kappa shape index (κ3) is 11.4. The largest absolute Gasteiger partial charge is 0.388 e. The Labute approximate surface area is 451 Å². The minimum absolute atomic E-state index is 0.0102. The van der Waals surface area contributed by atoms with E-state index in [0.29, 0.717) is 0 Å². The maximum atomic E-state index is 14.9. The quantitative estimate of drug-likeness (QED) is 0.0683. The van der Waals surface area contributed by atoms with E-state index in [9.17, 15) is 24.3 Å². The number of carbonyl (C=O) groups is 4. The third-order valence-electron chi connectivity index (χ3n) is 14.4. The van der Waals surface area contributed by atoms with Crippen LogP contribution in [-0.2, 0) is 70.9 Å². The van der Waals surface area contributed by atoms with Gasteiger partial charge in [-0.2, -0.15) is 0 Å². The Hall–Kier alpha value is -7.54. The lowest BCUT2D eigenvalue weighted by molar-refractivity contribution is -0.350. The molecule has 7 aromatic rings. The van der Waals surface area contributed by atoms with E-state index in [1.165, 1.54) is 0 Å². The lowest BCUT2D eigenvalue weighted by Gasteiger charge is -2.52. The zero-order valence-corrected chi connectivity index (χ0v) is 42.5. The maximum Gasteiger partial charge on any atom is 0.262 e. The SMILES string of the molecule is O=C1c2ccccc2C(=O)N1[C@H]1[C@H](O[C@@H]2[C@H](OCc3ccccc3)[C@@H](N3C(=O)c4ccccc4C3=O)[C@H](OCc3ccccc3)O[C@@H]2COCc2ccccc2)O[C@H](COCc2ccccc2)[C@H](O)[C@@H]1OCc1ccccc1. The summed E-state index contributed by atoms with van der Waals surface area (Å²) in [6, 6.07) is 57.4. The van der Waals surface area contributed by atoms with E-state index in [2.05, 4.69) is 0 Å². The van der Waals surface area contributed by atoms with Gasteiger partial charge >= 0.3 is 0 Å². The number of benzene rings is 7. The van der Waals surface area contributed by atoms with Gasteiger partial charge < -0.3 is 43.0 Å². The predicted octanol–water partition coefficient (Wildman–Crippen LogP) is 8.33. The van der Waals surface area contributed by atoms with Gasteiger partial charge in [0.25, 0.3) is 23.6 Å². The second kappa shape index (κ2) is 24.4. The topological polar surface area (TPSA) is 169 Å². The van der Waals surface area contributed by atoms with Crippen molar-refractivity contribution in [2.24, 2.45) is 0 Å². The number of ether oxygens (including phenoxy) is 8. The van der Waals surface area contributed by atoms with Crippen LogP contribution in [0, 0.1) is 0 Å². The smallest absolute Gasteiger partial charge is 0.262 e. The highest BCUT2D eigenvalue weighted by molar-refractivity contribution is 6.22. The van der Waals surface area contributed by atoms with Crippen molar-refractivity contribution in [2.75, 3.05) is 13.2 Å². The summed E-state index contributed by atoms with van der Waals surface area (Å²) >= 11 is 0. The van der Waals surface area contributed by atoms with Crippen LogP contribution in [-0.4, -0.2) is 113 Å². The molecular formula is C63H58N2O13. The average Bonchev–Trinajstić information content (AvgIpc) is 4.12. The Morgan fingerprint density at radius 3 is 1.09 bits per heavy atom. The van der Waals surface area contributed by atoms with Crippen molar-refractivity contribution in [2.45, 2.75) is 94.3 Å². The van der Waals surface area contributed by atoms with Crippen LogP contribution < -0.4 is 0 Å². The Balaban J connectivity index is 1.04. The van der Waals surface area contributed by atoms with Crippen LogP contribution in [0.15, 0.2) is 200 Å². The van der Waals surface area contributed by atoms with Gasteiger partial charge in [0.05, 0.1) is 68.5 Å². The number of nitrogens with zero attached hydrogens (tertiary/aromatic N) is 2. The fourth-order valence-electron chi connectivity index (χ4n) is 10.5. The van der Waals surface area contributed by atoms with Crippen molar-refractivity contribution in [3.63, 3.8) is 0 Å². The molecule has 4 aliphatic heterocycles. The number of imide groups is 2. The number of amides is 4. The minimum Gasteiger partial charge on any atom is -0.388 e. The van der Waals surface area contributed by atoms with Crippen molar-refractivity contribution in [3.05, 3.63) is 250 Å². The zero-order chi connectivity index (χ0) is 53.4. The molecule has 0 aromatic heterocycles. The standard InChI is InChI=1S/C63H58N2O13/c66-54-50(39-71-34-41-20-6-1-7-21-41)76-63(52(56(54)73-36-43-24-10-3-11-25-43)64-58(67)46-30-16-17-31-47(46)59(64)68)78-55-51(40-72-35-42-22-8-2-9-23-42)77-62(75-38-45-28-14-5-15-29-45)53(57(55)74-37-44-26-12-4-13-27-44)65-60(69)48-32-18-19-33-49(48)61(65)70/h1-33,50-57,62-63,66H,34-40H2/t50-,51-,52-,53-,54+,55+,56-,57-,62-,63+/m1/s1. The summed E-state index contributed by atoms with van der Waals surface area (Å²) in [5.41, 5.74) is 4.70. The molecule has 0 bridgehead atoms. The van der Waals surface area contributed by atoms with Crippen LogP contribution in [0.2, 0.25) is 0 Å². The van der Waals surface area contributed by atoms with Crippen LogP contribution in [0.25, 0.3) is 0 Å². The third-order valence-corrected chi connectivity index (χ3v) is 14.4. The fraction of sp³-hybridized carbons (Fsp3) is 0.270. The Kier molecular flexibility index (Phi) is 16.4. The Morgan fingerprint density at radius 2 is 0.679 bits per heavy atom. The number of hydrogen-bond acceptors (Lipinski definition) is 13. The molecule has 4 aliphatic rings. The second-order valence-corrected chi connectivity index (χ2v) is 19.5. The van der Waals surface area contributed by atoms with Crippen molar-refractivity contribution in [1.29, 1.82) is 0 Å². The van der Waals surface area contributed by atoms with E-state index < -0.39 is 84.9 Å². The lowest BCUT2D eigenvalue weighted by Crippen LogP contribution is -2.70. The summed E-state index contributed by atoms with van der Waals surface area (Å²) in [6.07, 6.45) is -10.8. The van der Waals surface area contributed by atoms with Gasteiger partial charge in [0, 0.05) is 0 Å². The van der Waals surface area contributed by atoms with Gasteiger partial charge in [-0.15, -0.1) is 0 Å². The summed E-state index contributed by atoms with van der Waals surface area (Å²) in [5, 5.41) is 12.6. The molecule has 0 unspecified atom stereocenters. The van der Waals surface area contributed by atoms with Gasteiger partial charge in [-0.3, -0.25) is 29.0 Å². The summed E-state index contributed by atoms with van der Waals surface area (Å²) in [7, 11) is 0. The molecule has 4 amide bonds. The predicted molar refractivity (Wildman–Crippen MR) is 283 cm³/mol. The van der Waals surface area contributed by atoms with Crippen LogP contribution in [0.4, 0.5) is 0 Å². The van der Waals surface area contributed by atoms with Gasteiger partial charge in [-0.1, -0.05) is 176 Å². The van der Waals surface area contributed by atoms with Gasteiger partial charge in [-0.25, -0.2) is 0 Å². The monoisotopic (exact) mass is 1050 g/mol. The van der Waals surface area contributed by atoms with Gasteiger partial charge in [0.1, 0.15) is 48.7 Å². The molecule has 398 valence electrons. The van der Waals surface area contributed by atoms with Crippen molar-refractivity contribution in [1.82, 2.24) is 9.80 Å². The van der Waals surface area contributed by atoms with E-state index in [4.69, 9.17) is 37.9 Å². The molecule has 2 saturated heterocycles. The molecule has 7 aromatic carbocycles. The fourth-order valence-corrected chi connectivity index (χ4v) is 10.5. The number of aliphatic hydroxyl groups is 1. The van der Waals surface area contributed by atoms with Crippen molar-refractivity contribution in [3.8, 4) is 0 Å². The molecule has 78 heavy (non-hydrogen) atoms.